The molecule has 0 unspecified atom stereocenters. The summed E-state index contributed by atoms with van der Waals surface area (Å²) in [5.41, 5.74) is 9.51. The van der Waals surface area contributed by atoms with E-state index in [1.165, 1.54) is 34.1 Å². The standard InChI is InChI=1S/C30H28Cl2N4O6.C29H30Cl2N4O5/c1-17(2)42-29(40)25(33-27(38)26-22(31)5-4-6-23(26)32)14-18-7-10-20(11-8-18)36-28(39)21-13-19(15-35(3)16-37)9-12-24(21)34-30(36)41;1-17(2)40-29(39)25(34-28(38)26-22(30)5-4-6-23(26)31)14-18-7-10-20(11-8-18)33-27(37)21-13-19(9-12-24(21)32)15-35(3)16-36/h4-13,16-17,25H,14-15H2,1-3H3,(H,33,38)(H,34,41);4-13,16-17,25H,14-15,32H2,1-3H3,(H,33,37)(H,34,38)/t2*25-/m00/s1. The van der Waals surface area contributed by atoms with E-state index in [9.17, 15) is 43.2 Å². The van der Waals surface area contributed by atoms with Gasteiger partial charge >= 0.3 is 17.6 Å². The first-order valence-corrected chi connectivity index (χ1v) is 26.9. The lowest BCUT2D eigenvalue weighted by Gasteiger charge is -2.20. The average molecular weight is 1200 g/mol. The van der Waals surface area contributed by atoms with Gasteiger partial charge in [0.25, 0.3) is 23.3 Å². The number of carbonyl (C=O) groups excluding carboxylic acids is 7. The third-order valence-corrected chi connectivity index (χ3v) is 13.4. The van der Waals surface area contributed by atoms with Crippen LogP contribution in [0.4, 0.5) is 11.4 Å². The number of aromatic amines is 1. The maximum atomic E-state index is 13.4. The predicted molar refractivity (Wildman–Crippen MR) is 316 cm³/mol. The van der Waals surface area contributed by atoms with Crippen LogP contribution >= 0.6 is 46.4 Å². The van der Waals surface area contributed by atoms with Gasteiger partial charge in [0.1, 0.15) is 12.1 Å². The maximum Gasteiger partial charge on any atom is 0.333 e. The number of benzene rings is 6. The quantitative estimate of drug-likeness (QED) is 0.0257. The number of nitrogen functional groups attached to an aromatic ring is 1. The van der Waals surface area contributed by atoms with Crippen LogP contribution in [0.3, 0.4) is 0 Å². The van der Waals surface area contributed by atoms with Gasteiger partial charge in [-0.3, -0.25) is 28.8 Å². The zero-order valence-electron chi connectivity index (χ0n) is 45.3. The average Bonchev–Trinajstić information content (AvgIpc) is 3.52. The van der Waals surface area contributed by atoms with E-state index in [-0.39, 0.29) is 55.0 Å². The summed E-state index contributed by atoms with van der Waals surface area (Å²) < 4.78 is 11.7. The number of amides is 5. The van der Waals surface area contributed by atoms with Gasteiger partial charge in [-0.05, 0) is 123 Å². The minimum Gasteiger partial charge on any atom is -0.461 e. The smallest absolute Gasteiger partial charge is 0.333 e. The van der Waals surface area contributed by atoms with Crippen molar-refractivity contribution in [3.8, 4) is 5.69 Å². The number of esters is 2. The van der Waals surface area contributed by atoms with Crippen LogP contribution in [0, 0.1) is 0 Å². The normalized spacial score (nSPS) is 11.6. The van der Waals surface area contributed by atoms with E-state index >= 15 is 0 Å². The summed E-state index contributed by atoms with van der Waals surface area (Å²) in [5, 5.41) is 8.99. The van der Waals surface area contributed by atoms with E-state index in [0.717, 1.165) is 15.7 Å². The second-order valence-electron chi connectivity index (χ2n) is 19.4. The zero-order valence-corrected chi connectivity index (χ0v) is 48.3. The Bertz CT molecular complexity index is 3590. The van der Waals surface area contributed by atoms with Crippen LogP contribution in [0.15, 0.2) is 131 Å². The molecule has 1 aromatic heterocycles. The van der Waals surface area contributed by atoms with E-state index in [1.54, 1.807) is 139 Å². The number of nitrogens with two attached hydrogens (primary N) is 1. The first-order chi connectivity index (χ1) is 39.0. The molecule has 5 amide bonds. The number of anilines is 2. The van der Waals surface area contributed by atoms with Crippen molar-refractivity contribution in [3.63, 3.8) is 0 Å². The number of nitrogens with zero attached hydrogens (tertiary/aromatic N) is 3. The van der Waals surface area contributed by atoms with Crippen LogP contribution in [0.1, 0.15) is 81.0 Å². The topological polar surface area (TPSA) is 261 Å². The van der Waals surface area contributed by atoms with Crippen molar-refractivity contribution in [1.29, 1.82) is 0 Å². The van der Waals surface area contributed by atoms with Crippen molar-refractivity contribution in [2.24, 2.45) is 0 Å². The summed E-state index contributed by atoms with van der Waals surface area (Å²) in [6.45, 7) is 7.44. The van der Waals surface area contributed by atoms with Crippen LogP contribution in [0.5, 0.6) is 0 Å². The van der Waals surface area contributed by atoms with Gasteiger partial charge in [-0.25, -0.2) is 19.0 Å². The highest BCUT2D eigenvalue weighted by Crippen LogP contribution is 2.27. The molecular formula is C59H58Cl4N8O11. The lowest BCUT2D eigenvalue weighted by Crippen LogP contribution is -2.44. The molecule has 0 bridgehead atoms. The van der Waals surface area contributed by atoms with Gasteiger partial charge in [0.2, 0.25) is 12.8 Å². The first-order valence-electron chi connectivity index (χ1n) is 25.3. The first kappa shape index (κ1) is 62.7. The number of fused-ring (bicyclic) bond motifs is 1. The van der Waals surface area contributed by atoms with Gasteiger partial charge in [0.15, 0.2) is 0 Å². The maximum absolute atomic E-state index is 13.4. The summed E-state index contributed by atoms with van der Waals surface area (Å²) in [5.74, 6) is -2.92. The molecule has 19 nitrogen and oxygen atoms in total. The second-order valence-corrected chi connectivity index (χ2v) is 21.0. The monoisotopic (exact) mass is 1190 g/mol. The molecule has 82 heavy (non-hydrogen) atoms. The highest BCUT2D eigenvalue weighted by molar-refractivity contribution is 6.40. The molecule has 0 aliphatic carbocycles. The highest BCUT2D eigenvalue weighted by atomic mass is 35.5. The van der Waals surface area contributed by atoms with Crippen LogP contribution in [0.2, 0.25) is 20.1 Å². The second kappa shape index (κ2) is 28.8. The minimum absolute atomic E-state index is 0.0365. The molecule has 7 rings (SSSR count). The van der Waals surface area contributed by atoms with Crippen molar-refractivity contribution < 1.29 is 43.0 Å². The molecule has 0 saturated heterocycles. The Hall–Kier alpha value is -8.49. The Balaban J connectivity index is 0.000000264. The number of rotatable bonds is 21. The van der Waals surface area contributed by atoms with Crippen LogP contribution in [0.25, 0.3) is 16.6 Å². The van der Waals surface area contributed by atoms with Gasteiger partial charge in [0, 0.05) is 51.4 Å². The van der Waals surface area contributed by atoms with Crippen molar-refractivity contribution in [2.45, 2.75) is 77.9 Å². The fourth-order valence-corrected chi connectivity index (χ4v) is 9.36. The Kier molecular flexibility index (Phi) is 22.0. The number of carbonyl (C=O) groups is 7. The summed E-state index contributed by atoms with van der Waals surface area (Å²) in [7, 11) is 3.25. The van der Waals surface area contributed by atoms with E-state index in [0.29, 0.717) is 59.6 Å². The Morgan fingerprint density at radius 1 is 0.598 bits per heavy atom. The predicted octanol–water partition coefficient (Wildman–Crippen LogP) is 8.58. The molecule has 1 heterocycles. The van der Waals surface area contributed by atoms with Crippen LogP contribution < -0.4 is 32.9 Å². The molecule has 2 atom stereocenters. The number of aromatic nitrogens is 2. The van der Waals surface area contributed by atoms with Crippen molar-refractivity contribution in [3.05, 3.63) is 201 Å². The number of halogens is 4. The van der Waals surface area contributed by atoms with E-state index in [2.05, 4.69) is 20.9 Å². The van der Waals surface area contributed by atoms with E-state index < -0.39 is 65.2 Å². The summed E-state index contributed by atoms with van der Waals surface area (Å²) >= 11 is 24.7. The van der Waals surface area contributed by atoms with Gasteiger partial charge in [0.05, 0.1) is 65.6 Å². The third kappa shape index (κ3) is 16.8. The van der Waals surface area contributed by atoms with Gasteiger partial charge in [-0.2, -0.15) is 0 Å². The van der Waals surface area contributed by atoms with Gasteiger partial charge in [-0.1, -0.05) is 94.9 Å². The third-order valence-electron chi connectivity index (χ3n) is 12.1. The molecule has 23 heteroatoms. The molecule has 0 saturated carbocycles. The van der Waals surface area contributed by atoms with Crippen molar-refractivity contribution in [2.75, 3.05) is 25.1 Å². The van der Waals surface area contributed by atoms with Crippen LogP contribution in [-0.2, 0) is 54.6 Å². The Labute approximate surface area is 491 Å². The molecule has 0 radical (unpaired) electrons. The van der Waals surface area contributed by atoms with E-state index in [1.807, 2.05) is 0 Å². The zero-order chi connectivity index (χ0) is 59.9. The van der Waals surface area contributed by atoms with Gasteiger partial charge < -0.3 is 45.9 Å². The summed E-state index contributed by atoms with van der Waals surface area (Å²) in [6, 6.07) is 30.4. The number of hydrogen-bond donors (Lipinski definition) is 5. The lowest BCUT2D eigenvalue weighted by atomic mass is 10.0. The molecule has 7 aromatic rings. The number of hydrogen-bond acceptors (Lipinski definition) is 12. The van der Waals surface area contributed by atoms with Gasteiger partial charge in [-0.15, -0.1) is 0 Å². The Morgan fingerprint density at radius 2 is 1.02 bits per heavy atom. The van der Waals surface area contributed by atoms with Crippen molar-refractivity contribution >= 4 is 111 Å². The number of ether oxygens (including phenoxy) is 2. The fraction of sp³-hybridized carbons (Fsp3) is 0.237. The molecule has 0 fully saturated rings. The summed E-state index contributed by atoms with van der Waals surface area (Å²) in [6.07, 6.45) is 0.735. The number of H-pyrrole nitrogens is 1. The number of nitrogens with one attached hydrogen (secondary N) is 4. The summed E-state index contributed by atoms with van der Waals surface area (Å²) in [4.78, 5) is 118. The Morgan fingerprint density at radius 3 is 1.48 bits per heavy atom. The highest BCUT2D eigenvalue weighted by Gasteiger charge is 2.28. The molecule has 6 aromatic carbocycles. The molecule has 428 valence electrons. The van der Waals surface area contributed by atoms with E-state index in [4.69, 9.17) is 61.6 Å². The molecule has 0 aliphatic rings. The molecule has 6 N–H and O–H groups in total. The largest absolute Gasteiger partial charge is 0.461 e. The SMILES string of the molecule is CC(C)OC(=O)[C@H](Cc1ccc(-n2c(=O)[nH]c3ccc(CN(C)C=O)cc3c2=O)cc1)NC(=O)c1c(Cl)cccc1Cl.CC(C)OC(=O)[C@H](Cc1ccc(NC(=O)c2cc(CN(C)C=O)ccc2N)cc1)NC(=O)c1c(Cl)cccc1Cl. The molecule has 0 aliphatic heterocycles. The van der Waals surface area contributed by atoms with Crippen molar-refractivity contribution in [1.82, 2.24) is 30.0 Å². The molecule has 0 spiro atoms. The lowest BCUT2D eigenvalue weighted by molar-refractivity contribution is -0.150. The van der Waals surface area contributed by atoms with Crippen LogP contribution in [-0.4, -0.2) is 100 Å². The fourth-order valence-electron chi connectivity index (χ4n) is 8.22. The molecular weight excluding hydrogens is 1140 g/mol. The minimum atomic E-state index is -1.08.